The summed E-state index contributed by atoms with van der Waals surface area (Å²) in [6.45, 7) is 1.60. The van der Waals surface area contributed by atoms with Gasteiger partial charge in [0.2, 0.25) is 5.91 Å². The molecule has 0 saturated heterocycles. The zero-order chi connectivity index (χ0) is 22.4. The van der Waals surface area contributed by atoms with E-state index in [1.54, 1.807) is 0 Å². The minimum absolute atomic E-state index is 0.0805. The first-order valence-electron chi connectivity index (χ1n) is 9.55. The van der Waals surface area contributed by atoms with Crippen LogP contribution in [0.25, 0.3) is 0 Å². The molecule has 0 radical (unpaired) electrons. The van der Waals surface area contributed by atoms with Crippen molar-refractivity contribution in [2.75, 3.05) is 18.0 Å². The molecule has 162 valence electrons. The Morgan fingerprint density at radius 3 is 2.39 bits per heavy atom. The van der Waals surface area contributed by atoms with Crippen LogP contribution >= 0.6 is 0 Å². The molecule has 3 aromatic carbocycles. The second kappa shape index (κ2) is 9.61. The molecule has 1 N–H and O–H groups in total. The van der Waals surface area contributed by atoms with Gasteiger partial charge < -0.3 is 10.1 Å². The van der Waals surface area contributed by atoms with E-state index in [9.17, 15) is 17.6 Å². The number of sulfonamides is 1. The second-order valence-electron chi connectivity index (χ2n) is 6.90. The third-order valence-electron chi connectivity index (χ3n) is 4.63. The highest BCUT2D eigenvalue weighted by atomic mass is 32.2. The number of carbonyl (C=O) groups is 1. The molecule has 31 heavy (non-hydrogen) atoms. The van der Waals surface area contributed by atoms with Gasteiger partial charge in [0.1, 0.15) is 18.1 Å². The molecule has 0 fully saturated rings. The van der Waals surface area contributed by atoms with Crippen molar-refractivity contribution in [3.63, 3.8) is 0 Å². The number of hydrogen-bond donors (Lipinski definition) is 1. The van der Waals surface area contributed by atoms with Crippen molar-refractivity contribution in [1.29, 1.82) is 0 Å². The quantitative estimate of drug-likeness (QED) is 0.578. The van der Waals surface area contributed by atoms with Crippen LogP contribution in [0.1, 0.15) is 11.1 Å². The lowest BCUT2D eigenvalue weighted by Gasteiger charge is -2.24. The first-order valence-corrected chi connectivity index (χ1v) is 11.0. The van der Waals surface area contributed by atoms with Crippen LogP contribution in [0.4, 0.5) is 10.1 Å². The average molecular weight is 443 g/mol. The van der Waals surface area contributed by atoms with E-state index >= 15 is 0 Å². The number of anilines is 1. The molecule has 0 bridgehead atoms. The SMILES string of the molecule is COc1ccc(S(=O)(=O)N(CC(=O)NCc2cccc(C)c2)c2ccccc2F)cc1. The summed E-state index contributed by atoms with van der Waals surface area (Å²) in [7, 11) is -2.74. The van der Waals surface area contributed by atoms with E-state index in [-0.39, 0.29) is 17.1 Å². The van der Waals surface area contributed by atoms with E-state index in [0.717, 1.165) is 21.5 Å². The van der Waals surface area contributed by atoms with Crippen LogP contribution in [-0.2, 0) is 21.4 Å². The molecule has 3 aromatic rings. The first-order chi connectivity index (χ1) is 14.8. The zero-order valence-electron chi connectivity index (χ0n) is 17.2. The van der Waals surface area contributed by atoms with Gasteiger partial charge in [-0.15, -0.1) is 0 Å². The molecule has 0 spiro atoms. The van der Waals surface area contributed by atoms with Gasteiger partial charge in [0.25, 0.3) is 10.0 Å². The van der Waals surface area contributed by atoms with Gasteiger partial charge in [0.05, 0.1) is 17.7 Å². The van der Waals surface area contributed by atoms with Crippen molar-refractivity contribution < 1.29 is 22.3 Å². The summed E-state index contributed by atoms with van der Waals surface area (Å²) in [4.78, 5) is 12.5. The number of hydrogen-bond acceptors (Lipinski definition) is 4. The number of para-hydroxylation sites is 1. The number of benzene rings is 3. The lowest BCUT2D eigenvalue weighted by atomic mass is 10.1. The number of halogens is 1. The third-order valence-corrected chi connectivity index (χ3v) is 6.40. The fourth-order valence-corrected chi connectivity index (χ4v) is 4.47. The van der Waals surface area contributed by atoms with Gasteiger partial charge in [-0.3, -0.25) is 9.10 Å². The summed E-state index contributed by atoms with van der Waals surface area (Å²) in [6, 6.07) is 18.7. The third kappa shape index (κ3) is 5.40. The van der Waals surface area contributed by atoms with E-state index in [1.807, 2.05) is 31.2 Å². The Balaban J connectivity index is 1.87. The summed E-state index contributed by atoms with van der Waals surface area (Å²) in [5.74, 6) is -0.819. The van der Waals surface area contributed by atoms with Crippen LogP contribution in [0, 0.1) is 12.7 Å². The van der Waals surface area contributed by atoms with Gasteiger partial charge in [-0.05, 0) is 48.9 Å². The minimum atomic E-state index is -4.21. The Hall–Kier alpha value is -3.39. The van der Waals surface area contributed by atoms with Gasteiger partial charge in [-0.1, -0.05) is 42.0 Å². The number of amides is 1. The van der Waals surface area contributed by atoms with Crippen LogP contribution < -0.4 is 14.4 Å². The monoisotopic (exact) mass is 442 g/mol. The van der Waals surface area contributed by atoms with Crippen molar-refractivity contribution in [2.45, 2.75) is 18.4 Å². The molecule has 0 aliphatic carbocycles. The number of carbonyl (C=O) groups excluding carboxylic acids is 1. The molecule has 0 aliphatic rings. The van der Waals surface area contributed by atoms with E-state index in [1.165, 1.54) is 49.6 Å². The fourth-order valence-electron chi connectivity index (χ4n) is 3.04. The highest BCUT2D eigenvalue weighted by molar-refractivity contribution is 7.92. The van der Waals surface area contributed by atoms with Gasteiger partial charge in [-0.2, -0.15) is 0 Å². The predicted molar refractivity (Wildman–Crippen MR) is 117 cm³/mol. The number of nitrogens with one attached hydrogen (secondary N) is 1. The summed E-state index contributed by atoms with van der Waals surface area (Å²) in [5, 5.41) is 2.70. The Bertz CT molecular complexity index is 1160. The smallest absolute Gasteiger partial charge is 0.264 e. The zero-order valence-corrected chi connectivity index (χ0v) is 18.0. The maximum absolute atomic E-state index is 14.5. The normalized spacial score (nSPS) is 11.1. The molecule has 3 rings (SSSR count). The summed E-state index contributed by atoms with van der Waals surface area (Å²) in [6.07, 6.45) is 0. The molecule has 0 saturated carbocycles. The Morgan fingerprint density at radius 1 is 1.03 bits per heavy atom. The number of methoxy groups -OCH3 is 1. The second-order valence-corrected chi connectivity index (χ2v) is 8.77. The lowest BCUT2D eigenvalue weighted by molar-refractivity contribution is -0.119. The van der Waals surface area contributed by atoms with Gasteiger partial charge in [0, 0.05) is 6.54 Å². The molecule has 0 heterocycles. The standard InChI is InChI=1S/C23H23FN2O4S/c1-17-6-5-7-18(14-17)15-25-23(27)16-26(22-9-4-3-8-21(22)24)31(28,29)20-12-10-19(30-2)11-13-20/h3-14H,15-16H2,1-2H3,(H,25,27). The van der Waals surface area contributed by atoms with Crippen molar-refractivity contribution in [1.82, 2.24) is 5.32 Å². The average Bonchev–Trinajstić information content (AvgIpc) is 2.76. The highest BCUT2D eigenvalue weighted by Gasteiger charge is 2.29. The van der Waals surface area contributed by atoms with Gasteiger partial charge in [-0.25, -0.2) is 12.8 Å². The largest absolute Gasteiger partial charge is 0.497 e. The molecular formula is C23H23FN2O4S. The van der Waals surface area contributed by atoms with Crippen LogP contribution in [0.2, 0.25) is 0 Å². The number of ether oxygens (including phenoxy) is 1. The Morgan fingerprint density at radius 2 is 1.74 bits per heavy atom. The van der Waals surface area contributed by atoms with Gasteiger partial charge in [0.15, 0.2) is 0 Å². The van der Waals surface area contributed by atoms with Crippen LogP contribution in [0.15, 0.2) is 77.7 Å². The topological polar surface area (TPSA) is 75.7 Å². The summed E-state index contributed by atoms with van der Waals surface area (Å²) < 4.78 is 46.9. The minimum Gasteiger partial charge on any atom is -0.497 e. The van der Waals surface area contributed by atoms with Crippen LogP contribution in [0.3, 0.4) is 0 Å². The Labute approximate surface area is 181 Å². The van der Waals surface area contributed by atoms with Crippen molar-refractivity contribution in [3.05, 3.63) is 89.7 Å². The van der Waals surface area contributed by atoms with E-state index in [4.69, 9.17) is 4.74 Å². The highest BCUT2D eigenvalue weighted by Crippen LogP contribution is 2.27. The number of rotatable bonds is 8. The Kier molecular flexibility index (Phi) is 6.91. The molecule has 0 aliphatic heterocycles. The molecule has 1 amide bonds. The maximum Gasteiger partial charge on any atom is 0.264 e. The van der Waals surface area contributed by atoms with E-state index < -0.39 is 28.3 Å². The van der Waals surface area contributed by atoms with Crippen LogP contribution in [-0.4, -0.2) is 28.0 Å². The first kappa shape index (κ1) is 22.3. The summed E-state index contributed by atoms with van der Waals surface area (Å²) >= 11 is 0. The summed E-state index contributed by atoms with van der Waals surface area (Å²) in [5.41, 5.74) is 1.72. The van der Waals surface area contributed by atoms with E-state index in [0.29, 0.717) is 5.75 Å². The lowest BCUT2D eigenvalue weighted by Crippen LogP contribution is -2.41. The van der Waals surface area contributed by atoms with Crippen molar-refractivity contribution >= 4 is 21.6 Å². The molecule has 0 unspecified atom stereocenters. The molecular weight excluding hydrogens is 419 g/mol. The van der Waals surface area contributed by atoms with Crippen molar-refractivity contribution in [2.24, 2.45) is 0 Å². The predicted octanol–water partition coefficient (Wildman–Crippen LogP) is 3.65. The molecule has 8 heteroatoms. The molecule has 0 atom stereocenters. The molecule has 6 nitrogen and oxygen atoms in total. The number of nitrogens with zero attached hydrogens (tertiary/aromatic N) is 1. The number of aryl methyl sites for hydroxylation is 1. The van der Waals surface area contributed by atoms with Crippen LogP contribution in [0.5, 0.6) is 5.75 Å². The van der Waals surface area contributed by atoms with E-state index in [2.05, 4.69) is 5.32 Å². The maximum atomic E-state index is 14.5. The van der Waals surface area contributed by atoms with Gasteiger partial charge >= 0.3 is 0 Å². The fraction of sp³-hybridized carbons (Fsp3) is 0.174. The molecule has 0 aromatic heterocycles. The van der Waals surface area contributed by atoms with Crippen molar-refractivity contribution in [3.8, 4) is 5.75 Å².